The Morgan fingerprint density at radius 3 is 1.06 bits per heavy atom. The van der Waals surface area contributed by atoms with Crippen LogP contribution in [0.3, 0.4) is 0 Å². The minimum Gasteiger partial charge on any atom is -0.252 e. The molecule has 0 amide bonds. The zero-order valence-corrected chi connectivity index (χ0v) is 34.3. The number of aliphatic imine (C=N–C) groups is 2. The van der Waals surface area contributed by atoms with Gasteiger partial charge in [0, 0.05) is 16.5 Å². The van der Waals surface area contributed by atoms with Crippen LogP contribution in [-0.4, -0.2) is 11.4 Å². The fourth-order valence-corrected chi connectivity index (χ4v) is 6.95. The quantitative estimate of drug-likeness (QED) is 0.0407. The van der Waals surface area contributed by atoms with Crippen LogP contribution in [0.4, 0.5) is 11.4 Å². The second-order valence-electron chi connectivity index (χ2n) is 14.9. The molecule has 286 valence electrons. The molecule has 0 atom stereocenters. The Bertz CT molecular complexity index is 1120. The van der Waals surface area contributed by atoms with Gasteiger partial charge < -0.3 is 0 Å². The summed E-state index contributed by atoms with van der Waals surface area (Å²) in [5, 5.41) is 0. The van der Waals surface area contributed by atoms with Gasteiger partial charge in [0.15, 0.2) is 0 Å². The first-order valence-electron chi connectivity index (χ1n) is 21.5. The largest absolute Gasteiger partial charge is 0.252 e. The average Bonchev–Trinajstić information content (AvgIpc) is 3.11. The maximum Gasteiger partial charge on any atom is 0.0636 e. The predicted molar refractivity (Wildman–Crippen MR) is 222 cm³/mol. The number of aryl methyl sites for hydroxylation is 2. The van der Waals surface area contributed by atoms with Crippen molar-refractivity contribution in [2.75, 3.05) is 0 Å². The van der Waals surface area contributed by atoms with E-state index in [9.17, 15) is 0 Å². The standard InChI is InChI=1S/C47H78N2.Ni/c1-5-9-13-16-18-20-22-24-27-32-42-34-30-36-44(40-42)48-46(38-26-12-8-4)47(39-29-15-11-7-3)49-45-37-31-35-43(41-45)33-28-25-23-21-19-17-14-10-6-2;/h30-31,34-37,40-41H,5-29,32-33,38-39H2,1-4H3;/b48-46+,49-47+;. The van der Waals surface area contributed by atoms with Gasteiger partial charge >= 0.3 is 0 Å². The molecule has 0 aromatic heterocycles. The average molecular weight is 730 g/mol. The van der Waals surface area contributed by atoms with E-state index in [1.165, 1.54) is 183 Å². The molecule has 2 aromatic carbocycles. The molecule has 2 rings (SSSR count). The van der Waals surface area contributed by atoms with Crippen molar-refractivity contribution in [2.45, 2.75) is 214 Å². The van der Waals surface area contributed by atoms with Crippen molar-refractivity contribution in [2.24, 2.45) is 9.98 Å². The molecular weight excluding hydrogens is 651 g/mol. The third-order valence-corrected chi connectivity index (χ3v) is 10.1. The molecule has 0 N–H and O–H groups in total. The SMILES string of the molecule is CCCCCCCCCCCc1cccc(/N=C(CCCCC)/C(CCCCCC)=N/c2cccc(CCCCCCCCCCC)c2)c1.[Ni]. The van der Waals surface area contributed by atoms with Crippen molar-refractivity contribution in [1.29, 1.82) is 0 Å². The van der Waals surface area contributed by atoms with Crippen LogP contribution in [0.5, 0.6) is 0 Å². The first kappa shape index (κ1) is 46.3. The Kier molecular flexibility index (Phi) is 30.7. The van der Waals surface area contributed by atoms with E-state index in [4.69, 9.17) is 9.98 Å². The van der Waals surface area contributed by atoms with E-state index in [0.717, 1.165) is 37.1 Å². The molecular formula is C47H78N2Ni. The Balaban J connectivity index is 0.0000125. The molecule has 0 saturated carbocycles. The van der Waals surface area contributed by atoms with Gasteiger partial charge in [0.25, 0.3) is 0 Å². The second-order valence-corrected chi connectivity index (χ2v) is 14.9. The molecule has 0 aliphatic carbocycles. The van der Waals surface area contributed by atoms with Crippen LogP contribution in [0.2, 0.25) is 0 Å². The van der Waals surface area contributed by atoms with Gasteiger partial charge in [0.1, 0.15) is 0 Å². The van der Waals surface area contributed by atoms with E-state index in [-0.39, 0.29) is 16.5 Å². The maximum atomic E-state index is 5.40. The zero-order chi connectivity index (χ0) is 35.0. The summed E-state index contributed by atoms with van der Waals surface area (Å²) in [6.45, 7) is 9.19. The number of rotatable bonds is 32. The third kappa shape index (κ3) is 23.7. The number of unbranched alkanes of at least 4 members (excludes halogenated alkanes) is 21. The molecule has 0 radical (unpaired) electrons. The molecule has 0 bridgehead atoms. The normalized spacial score (nSPS) is 12.0. The smallest absolute Gasteiger partial charge is 0.0636 e. The van der Waals surface area contributed by atoms with E-state index in [1.807, 2.05) is 0 Å². The molecule has 0 saturated heterocycles. The van der Waals surface area contributed by atoms with Gasteiger partial charge in [-0.05, 0) is 86.8 Å². The molecule has 2 nitrogen and oxygen atoms in total. The number of hydrogen-bond donors (Lipinski definition) is 0. The van der Waals surface area contributed by atoms with E-state index < -0.39 is 0 Å². The Morgan fingerprint density at radius 1 is 0.380 bits per heavy atom. The van der Waals surface area contributed by atoms with Gasteiger partial charge in [-0.15, -0.1) is 0 Å². The molecule has 50 heavy (non-hydrogen) atoms. The summed E-state index contributed by atoms with van der Waals surface area (Å²) in [7, 11) is 0. The van der Waals surface area contributed by atoms with Gasteiger partial charge in [-0.3, -0.25) is 9.98 Å². The van der Waals surface area contributed by atoms with E-state index in [0.29, 0.717) is 0 Å². The molecule has 0 aliphatic heterocycles. The summed E-state index contributed by atoms with van der Waals surface area (Å²) < 4.78 is 0. The number of benzene rings is 2. The first-order valence-corrected chi connectivity index (χ1v) is 21.5. The zero-order valence-electron chi connectivity index (χ0n) is 33.3. The van der Waals surface area contributed by atoms with Crippen molar-refractivity contribution in [3.05, 3.63) is 59.7 Å². The molecule has 0 fully saturated rings. The second kappa shape index (κ2) is 33.1. The van der Waals surface area contributed by atoms with Crippen LogP contribution in [-0.2, 0) is 29.3 Å². The summed E-state index contributed by atoms with van der Waals surface area (Å²) in [5.74, 6) is 0. The molecule has 0 aliphatic rings. The van der Waals surface area contributed by atoms with Crippen molar-refractivity contribution >= 4 is 22.8 Å². The van der Waals surface area contributed by atoms with Crippen LogP contribution in [0.1, 0.15) is 212 Å². The molecule has 0 spiro atoms. The summed E-state index contributed by atoms with van der Waals surface area (Å²) in [6.07, 6.45) is 37.8. The van der Waals surface area contributed by atoms with Crippen molar-refractivity contribution in [3.63, 3.8) is 0 Å². The van der Waals surface area contributed by atoms with Crippen LogP contribution < -0.4 is 0 Å². The molecule has 3 heteroatoms. The molecule has 0 heterocycles. The van der Waals surface area contributed by atoms with Gasteiger partial charge in [-0.2, -0.15) is 0 Å². The van der Waals surface area contributed by atoms with Crippen LogP contribution in [0.25, 0.3) is 0 Å². The number of hydrogen-bond acceptors (Lipinski definition) is 2. The Morgan fingerprint density at radius 2 is 0.680 bits per heavy atom. The van der Waals surface area contributed by atoms with Crippen molar-refractivity contribution < 1.29 is 16.5 Å². The third-order valence-electron chi connectivity index (χ3n) is 10.1. The first-order chi connectivity index (χ1) is 24.2. The van der Waals surface area contributed by atoms with Crippen LogP contribution in [0.15, 0.2) is 58.5 Å². The van der Waals surface area contributed by atoms with E-state index in [1.54, 1.807) is 0 Å². The van der Waals surface area contributed by atoms with Crippen molar-refractivity contribution in [3.8, 4) is 0 Å². The minimum absolute atomic E-state index is 0. The van der Waals surface area contributed by atoms with E-state index in [2.05, 4.69) is 76.2 Å². The number of nitrogens with zero attached hydrogens (tertiary/aromatic N) is 2. The summed E-state index contributed by atoms with van der Waals surface area (Å²) in [6, 6.07) is 18.2. The summed E-state index contributed by atoms with van der Waals surface area (Å²) >= 11 is 0. The predicted octanol–water partition coefficient (Wildman–Crippen LogP) is 16.2. The molecule has 2 aromatic rings. The Labute approximate surface area is 321 Å². The van der Waals surface area contributed by atoms with Gasteiger partial charge in [0.2, 0.25) is 0 Å². The van der Waals surface area contributed by atoms with Crippen LogP contribution in [0, 0.1) is 0 Å². The van der Waals surface area contributed by atoms with E-state index >= 15 is 0 Å². The fourth-order valence-electron chi connectivity index (χ4n) is 6.95. The van der Waals surface area contributed by atoms with Crippen LogP contribution >= 0.6 is 0 Å². The van der Waals surface area contributed by atoms with Gasteiger partial charge in [0.05, 0.1) is 22.8 Å². The summed E-state index contributed by atoms with van der Waals surface area (Å²) in [4.78, 5) is 10.8. The summed E-state index contributed by atoms with van der Waals surface area (Å²) in [5.41, 5.74) is 7.53. The topological polar surface area (TPSA) is 24.7 Å². The molecule has 0 unspecified atom stereocenters. The fraction of sp³-hybridized carbons (Fsp3) is 0.702. The monoisotopic (exact) mass is 729 g/mol. The maximum absolute atomic E-state index is 5.40. The van der Waals surface area contributed by atoms with Crippen molar-refractivity contribution in [1.82, 2.24) is 0 Å². The Hall–Kier alpha value is -1.73. The minimum atomic E-state index is 0. The van der Waals surface area contributed by atoms with Gasteiger partial charge in [-0.25, -0.2) is 0 Å². The van der Waals surface area contributed by atoms with Gasteiger partial charge in [-0.1, -0.05) is 187 Å².